The van der Waals surface area contributed by atoms with Gasteiger partial charge in [0.05, 0.1) is 17.3 Å². The van der Waals surface area contributed by atoms with Crippen LogP contribution >= 0.6 is 0 Å². The lowest BCUT2D eigenvalue weighted by atomic mass is 9.83. The summed E-state index contributed by atoms with van der Waals surface area (Å²) in [6.07, 6.45) is -2.71. The summed E-state index contributed by atoms with van der Waals surface area (Å²) < 4.78 is 56.3. The predicted molar refractivity (Wildman–Crippen MR) is 78.6 cm³/mol. The van der Waals surface area contributed by atoms with Crippen molar-refractivity contribution in [2.24, 2.45) is 0 Å². The predicted octanol–water partition coefficient (Wildman–Crippen LogP) is 2.94. The van der Waals surface area contributed by atoms with Crippen LogP contribution in [0.15, 0.2) is 12.1 Å². The van der Waals surface area contributed by atoms with Gasteiger partial charge < -0.3 is 14.0 Å². The van der Waals surface area contributed by atoms with E-state index in [2.05, 4.69) is 4.98 Å². The van der Waals surface area contributed by atoms with Crippen LogP contribution in [0.25, 0.3) is 0 Å². The molecule has 1 aromatic rings. The van der Waals surface area contributed by atoms with Gasteiger partial charge in [-0.25, -0.2) is 4.98 Å². The lowest BCUT2D eigenvalue weighted by Gasteiger charge is -2.32. The van der Waals surface area contributed by atoms with Crippen molar-refractivity contribution in [2.75, 3.05) is 0 Å². The van der Waals surface area contributed by atoms with Gasteiger partial charge in [-0.15, -0.1) is 0 Å². The molecule has 2 fully saturated rings. The molecule has 2 heterocycles. The monoisotopic (exact) mass is 329 g/mol. The maximum Gasteiger partial charge on any atom is 0.518 e. The number of hydrogen-bond donors (Lipinski definition) is 0. The Balaban J connectivity index is 1.98. The first-order valence-corrected chi connectivity index (χ1v) is 7.60. The lowest BCUT2D eigenvalue weighted by Crippen LogP contribution is -2.41. The van der Waals surface area contributed by atoms with Crippen molar-refractivity contribution >= 4 is 12.7 Å². The summed E-state index contributed by atoms with van der Waals surface area (Å²) in [7, 11) is -0.990. The van der Waals surface area contributed by atoms with Crippen LogP contribution in [0.2, 0.25) is 0 Å². The number of hydrogen-bond acceptors (Lipinski definition) is 4. The highest BCUT2D eigenvalue weighted by Crippen LogP contribution is 2.38. The highest BCUT2D eigenvalue weighted by molar-refractivity contribution is 6.62. The van der Waals surface area contributed by atoms with Gasteiger partial charge in [-0.3, -0.25) is 0 Å². The van der Waals surface area contributed by atoms with E-state index in [0.717, 1.165) is 18.9 Å². The second-order valence-corrected chi connectivity index (χ2v) is 6.98. The number of nitrogens with zero attached hydrogens (tertiary/aromatic N) is 1. The van der Waals surface area contributed by atoms with E-state index in [0.29, 0.717) is 5.75 Å². The topological polar surface area (TPSA) is 40.6 Å². The summed E-state index contributed by atoms with van der Waals surface area (Å²) in [5, 5.41) is 0. The Labute approximate surface area is 133 Å². The Kier molecular flexibility index (Phi) is 3.68. The number of aromatic nitrogens is 1. The Morgan fingerprint density at radius 1 is 1.13 bits per heavy atom. The molecular weight excluding hydrogens is 310 g/mol. The standard InChI is InChI=1S/C15H19BF3NO3/c1-13(2)14(3,4)23-16(22-13)12-10(21-9-5-6-9)7-8-11(20-12)15(17,18)19/h7-9H,5-6H2,1-4H3. The quantitative estimate of drug-likeness (QED) is 0.800. The van der Waals surface area contributed by atoms with Crippen molar-refractivity contribution in [3.05, 3.63) is 17.8 Å². The third kappa shape index (κ3) is 3.19. The molecule has 1 aliphatic carbocycles. The average molecular weight is 329 g/mol. The Morgan fingerprint density at radius 2 is 1.70 bits per heavy atom. The van der Waals surface area contributed by atoms with Crippen LogP contribution in [0.4, 0.5) is 13.2 Å². The maximum absolute atomic E-state index is 13.0. The largest absolute Gasteiger partial charge is 0.518 e. The first-order valence-electron chi connectivity index (χ1n) is 7.60. The van der Waals surface area contributed by atoms with E-state index in [1.165, 1.54) is 6.07 Å². The van der Waals surface area contributed by atoms with E-state index in [9.17, 15) is 13.2 Å². The molecule has 23 heavy (non-hydrogen) atoms. The van der Waals surface area contributed by atoms with Gasteiger partial charge in [0, 0.05) is 0 Å². The van der Waals surface area contributed by atoms with E-state index in [-0.39, 0.29) is 11.7 Å². The SMILES string of the molecule is CC1(C)OB(c2nc(C(F)(F)F)ccc2OC2CC2)OC1(C)C. The van der Waals surface area contributed by atoms with Gasteiger partial charge in [0.1, 0.15) is 17.0 Å². The molecule has 0 radical (unpaired) electrons. The number of alkyl halides is 3. The molecule has 0 N–H and O–H groups in total. The highest BCUT2D eigenvalue weighted by atomic mass is 19.4. The molecule has 1 saturated heterocycles. The molecule has 2 aliphatic rings. The molecule has 126 valence electrons. The van der Waals surface area contributed by atoms with Crippen molar-refractivity contribution in [2.45, 2.75) is 64.0 Å². The first kappa shape index (κ1) is 16.6. The molecule has 0 aromatic carbocycles. The molecule has 1 aliphatic heterocycles. The summed E-state index contributed by atoms with van der Waals surface area (Å²) >= 11 is 0. The maximum atomic E-state index is 13.0. The zero-order chi connectivity index (χ0) is 17.0. The molecule has 1 saturated carbocycles. The fourth-order valence-corrected chi connectivity index (χ4v) is 2.21. The van der Waals surface area contributed by atoms with Gasteiger partial charge in [-0.2, -0.15) is 13.2 Å². The van der Waals surface area contributed by atoms with Gasteiger partial charge in [-0.1, -0.05) is 0 Å². The van der Waals surface area contributed by atoms with Crippen molar-refractivity contribution in [3.8, 4) is 5.75 Å². The Morgan fingerprint density at radius 3 is 2.17 bits per heavy atom. The number of halogens is 3. The van der Waals surface area contributed by atoms with E-state index in [1.54, 1.807) is 0 Å². The van der Waals surface area contributed by atoms with Crippen molar-refractivity contribution in [1.29, 1.82) is 0 Å². The number of pyridine rings is 1. The van der Waals surface area contributed by atoms with Crippen LogP contribution < -0.4 is 10.3 Å². The molecule has 0 atom stereocenters. The van der Waals surface area contributed by atoms with Gasteiger partial charge in [0.25, 0.3) is 0 Å². The minimum absolute atomic E-state index is 0.0368. The second kappa shape index (κ2) is 5.11. The first-order chi connectivity index (χ1) is 10.5. The Bertz CT molecular complexity index is 598. The third-order valence-corrected chi connectivity index (χ3v) is 4.47. The number of ether oxygens (including phenoxy) is 1. The van der Waals surface area contributed by atoms with Crippen LogP contribution in [0.3, 0.4) is 0 Å². The molecule has 1 aromatic heterocycles. The molecule has 0 amide bonds. The van der Waals surface area contributed by atoms with Crippen LogP contribution in [0, 0.1) is 0 Å². The Hall–Kier alpha value is -1.28. The fraction of sp³-hybridized carbons (Fsp3) is 0.667. The number of rotatable bonds is 3. The molecule has 3 rings (SSSR count). The summed E-state index contributed by atoms with van der Waals surface area (Å²) in [4.78, 5) is 3.74. The normalized spacial score (nSPS) is 23.2. The smallest absolute Gasteiger partial charge is 0.489 e. The van der Waals surface area contributed by atoms with Crippen LogP contribution in [-0.4, -0.2) is 29.4 Å². The molecule has 0 spiro atoms. The minimum atomic E-state index is -4.53. The summed E-state index contributed by atoms with van der Waals surface area (Å²) in [5.41, 5.74) is -2.26. The highest BCUT2D eigenvalue weighted by Gasteiger charge is 2.53. The van der Waals surface area contributed by atoms with Gasteiger partial charge in [0.2, 0.25) is 0 Å². The van der Waals surface area contributed by atoms with Gasteiger partial charge in [0.15, 0.2) is 0 Å². The van der Waals surface area contributed by atoms with E-state index in [1.807, 2.05) is 27.7 Å². The molecule has 8 heteroatoms. The zero-order valence-electron chi connectivity index (χ0n) is 13.5. The van der Waals surface area contributed by atoms with Gasteiger partial charge >= 0.3 is 13.3 Å². The summed E-state index contributed by atoms with van der Waals surface area (Å²) in [6, 6.07) is 2.22. The fourth-order valence-electron chi connectivity index (χ4n) is 2.21. The van der Waals surface area contributed by atoms with E-state index < -0.39 is 30.2 Å². The molecule has 0 unspecified atom stereocenters. The zero-order valence-corrected chi connectivity index (χ0v) is 13.5. The van der Waals surface area contributed by atoms with E-state index in [4.69, 9.17) is 14.0 Å². The minimum Gasteiger partial charge on any atom is -0.489 e. The van der Waals surface area contributed by atoms with Crippen molar-refractivity contribution in [1.82, 2.24) is 4.98 Å². The molecule has 4 nitrogen and oxygen atoms in total. The second-order valence-electron chi connectivity index (χ2n) is 6.98. The van der Waals surface area contributed by atoms with Gasteiger partial charge in [-0.05, 0) is 52.7 Å². The average Bonchev–Trinajstić information content (AvgIpc) is 3.16. The van der Waals surface area contributed by atoms with E-state index >= 15 is 0 Å². The van der Waals surface area contributed by atoms with Crippen LogP contribution in [-0.2, 0) is 15.5 Å². The summed E-state index contributed by atoms with van der Waals surface area (Å²) in [6.45, 7) is 7.34. The van der Waals surface area contributed by atoms with Crippen LogP contribution in [0.5, 0.6) is 5.75 Å². The molecule has 0 bridgehead atoms. The third-order valence-electron chi connectivity index (χ3n) is 4.47. The summed E-state index contributed by atoms with van der Waals surface area (Å²) in [5.74, 6) is 0.291. The van der Waals surface area contributed by atoms with Crippen molar-refractivity contribution < 1.29 is 27.2 Å². The van der Waals surface area contributed by atoms with Crippen molar-refractivity contribution in [3.63, 3.8) is 0 Å². The molecular formula is C15H19BF3NO3. The lowest BCUT2D eigenvalue weighted by molar-refractivity contribution is -0.141. The van der Waals surface area contributed by atoms with Crippen LogP contribution in [0.1, 0.15) is 46.2 Å².